The molecule has 0 aliphatic heterocycles. The fourth-order valence-electron chi connectivity index (χ4n) is 1.53. The van der Waals surface area contributed by atoms with Crippen LogP contribution >= 0.6 is 28.1 Å². The molecule has 7 heteroatoms. The van der Waals surface area contributed by atoms with Crippen LogP contribution in [0.15, 0.2) is 33.4 Å². The van der Waals surface area contributed by atoms with Gasteiger partial charge in [-0.15, -0.1) is 5.10 Å². The molecule has 3 rings (SSSR count). The fourth-order valence-corrected chi connectivity index (χ4v) is 2.02. The van der Waals surface area contributed by atoms with Gasteiger partial charge in [-0.2, -0.15) is 0 Å². The highest BCUT2D eigenvalue weighted by Crippen LogP contribution is 2.26. The van der Waals surface area contributed by atoms with Crippen molar-refractivity contribution in [2.24, 2.45) is 0 Å². The number of benzene rings is 1. The number of aromatic amines is 1. The molecule has 2 heterocycles. The molecule has 0 saturated heterocycles. The summed E-state index contributed by atoms with van der Waals surface area (Å²) < 4.78 is 6.20. The third-order valence-electron chi connectivity index (χ3n) is 2.24. The molecule has 17 heavy (non-hydrogen) atoms. The highest BCUT2D eigenvalue weighted by molar-refractivity contribution is 9.10. The first kappa shape index (κ1) is 10.5. The predicted octanol–water partition coefficient (Wildman–Crippen LogP) is 3.10. The van der Waals surface area contributed by atoms with E-state index >= 15 is 0 Å². The molecule has 0 amide bonds. The van der Waals surface area contributed by atoms with Crippen LogP contribution in [0.5, 0.6) is 0 Å². The molecular formula is C10H5BrN4OS. The number of hydrogen-bond acceptors (Lipinski definition) is 5. The maximum atomic E-state index is 5.26. The molecule has 0 spiro atoms. The topological polar surface area (TPSA) is 67.6 Å². The van der Waals surface area contributed by atoms with Crippen molar-refractivity contribution in [2.75, 3.05) is 0 Å². The van der Waals surface area contributed by atoms with Gasteiger partial charge in [0, 0.05) is 9.86 Å². The van der Waals surface area contributed by atoms with Crippen molar-refractivity contribution in [1.29, 1.82) is 0 Å². The van der Waals surface area contributed by atoms with Crippen LogP contribution in [0, 0.1) is 4.84 Å². The Hall–Kier alpha value is -1.60. The van der Waals surface area contributed by atoms with E-state index in [-0.39, 0.29) is 4.84 Å². The molecule has 0 fully saturated rings. The fraction of sp³-hybridized carbons (Fsp3) is 0. The van der Waals surface area contributed by atoms with E-state index in [4.69, 9.17) is 16.6 Å². The SMILES string of the molecule is S=c1[nH]nc(-c2ncnc3ccc(Br)cc23)o1. The number of halogens is 1. The van der Waals surface area contributed by atoms with E-state index in [1.54, 1.807) is 0 Å². The summed E-state index contributed by atoms with van der Waals surface area (Å²) in [6.45, 7) is 0. The van der Waals surface area contributed by atoms with Crippen molar-refractivity contribution in [1.82, 2.24) is 20.2 Å². The lowest BCUT2D eigenvalue weighted by molar-refractivity contribution is 0.550. The largest absolute Gasteiger partial charge is 0.408 e. The van der Waals surface area contributed by atoms with Crippen LogP contribution in [0.25, 0.3) is 22.5 Å². The second kappa shape index (κ2) is 4.01. The maximum absolute atomic E-state index is 5.26. The highest BCUT2D eigenvalue weighted by atomic mass is 79.9. The lowest BCUT2D eigenvalue weighted by Crippen LogP contribution is -1.89. The molecule has 5 nitrogen and oxygen atoms in total. The van der Waals surface area contributed by atoms with Crippen molar-refractivity contribution < 1.29 is 4.42 Å². The van der Waals surface area contributed by atoms with Crippen molar-refractivity contribution in [3.8, 4) is 11.6 Å². The summed E-state index contributed by atoms with van der Waals surface area (Å²) in [5.74, 6) is 0.362. The van der Waals surface area contributed by atoms with E-state index in [1.165, 1.54) is 6.33 Å². The summed E-state index contributed by atoms with van der Waals surface area (Å²) in [7, 11) is 0. The van der Waals surface area contributed by atoms with Gasteiger partial charge in [-0.25, -0.2) is 15.1 Å². The van der Waals surface area contributed by atoms with Gasteiger partial charge in [0.1, 0.15) is 12.0 Å². The molecule has 0 unspecified atom stereocenters. The third kappa shape index (κ3) is 1.87. The van der Waals surface area contributed by atoms with Crippen LogP contribution in [0.1, 0.15) is 0 Å². The maximum Gasteiger partial charge on any atom is 0.284 e. The smallest absolute Gasteiger partial charge is 0.284 e. The number of fused-ring (bicyclic) bond motifs is 1. The first-order valence-electron chi connectivity index (χ1n) is 4.70. The average molecular weight is 309 g/mol. The normalized spacial score (nSPS) is 10.9. The number of H-pyrrole nitrogens is 1. The molecule has 84 valence electrons. The van der Waals surface area contributed by atoms with Gasteiger partial charge in [-0.3, -0.25) is 0 Å². The van der Waals surface area contributed by atoms with Gasteiger partial charge in [-0.1, -0.05) is 15.9 Å². The summed E-state index contributed by atoms with van der Waals surface area (Å²) >= 11 is 8.25. The average Bonchev–Trinajstić information content (AvgIpc) is 2.75. The number of nitrogens with one attached hydrogen (secondary N) is 1. The van der Waals surface area contributed by atoms with Gasteiger partial charge in [0.05, 0.1) is 5.52 Å². The Labute approximate surface area is 109 Å². The molecule has 0 saturated carbocycles. The molecule has 0 aliphatic rings. The quantitative estimate of drug-likeness (QED) is 0.700. The summed E-state index contributed by atoms with van der Waals surface area (Å²) in [4.78, 5) is 8.58. The summed E-state index contributed by atoms with van der Waals surface area (Å²) in [6.07, 6.45) is 1.47. The van der Waals surface area contributed by atoms with Crippen LogP contribution in [0.4, 0.5) is 0 Å². The van der Waals surface area contributed by atoms with E-state index in [1.807, 2.05) is 18.2 Å². The van der Waals surface area contributed by atoms with Gasteiger partial charge in [0.25, 0.3) is 10.7 Å². The number of nitrogens with zero attached hydrogens (tertiary/aromatic N) is 3. The minimum absolute atomic E-state index is 0.224. The van der Waals surface area contributed by atoms with E-state index in [0.29, 0.717) is 11.6 Å². The van der Waals surface area contributed by atoms with E-state index in [9.17, 15) is 0 Å². The van der Waals surface area contributed by atoms with Gasteiger partial charge < -0.3 is 4.42 Å². The van der Waals surface area contributed by atoms with Gasteiger partial charge in [0.2, 0.25) is 0 Å². The van der Waals surface area contributed by atoms with Crippen molar-refractivity contribution in [2.45, 2.75) is 0 Å². The summed E-state index contributed by atoms with van der Waals surface area (Å²) in [5.41, 5.74) is 1.44. The number of aromatic nitrogens is 4. The van der Waals surface area contributed by atoms with Crippen molar-refractivity contribution in [3.05, 3.63) is 33.8 Å². The second-order valence-electron chi connectivity index (χ2n) is 3.30. The first-order chi connectivity index (χ1) is 8.24. The van der Waals surface area contributed by atoms with Crippen molar-refractivity contribution in [3.63, 3.8) is 0 Å². The number of hydrogen-bond donors (Lipinski definition) is 1. The van der Waals surface area contributed by atoms with E-state index in [2.05, 4.69) is 36.1 Å². The van der Waals surface area contributed by atoms with E-state index < -0.39 is 0 Å². The zero-order valence-electron chi connectivity index (χ0n) is 8.35. The molecule has 0 atom stereocenters. The minimum atomic E-state index is 0.224. The summed E-state index contributed by atoms with van der Waals surface area (Å²) in [6, 6.07) is 5.73. The lowest BCUT2D eigenvalue weighted by atomic mass is 10.2. The molecule has 2 aromatic heterocycles. The Bertz CT molecular complexity index is 751. The van der Waals surface area contributed by atoms with Crippen LogP contribution in [0.3, 0.4) is 0 Å². The molecule has 0 radical (unpaired) electrons. The lowest BCUT2D eigenvalue weighted by Gasteiger charge is -2.01. The molecule has 1 N–H and O–H groups in total. The Morgan fingerprint density at radius 2 is 2.18 bits per heavy atom. The standard InChI is InChI=1S/C10H5BrN4OS/c11-5-1-2-7-6(3-5)8(13-4-12-7)9-14-15-10(17)16-9/h1-4H,(H,15,17). The zero-order chi connectivity index (χ0) is 11.8. The van der Waals surface area contributed by atoms with Crippen LogP contribution in [0.2, 0.25) is 0 Å². The zero-order valence-corrected chi connectivity index (χ0v) is 10.7. The molecule has 3 aromatic rings. The Morgan fingerprint density at radius 3 is 2.94 bits per heavy atom. The van der Waals surface area contributed by atoms with Gasteiger partial charge >= 0.3 is 0 Å². The monoisotopic (exact) mass is 308 g/mol. The third-order valence-corrected chi connectivity index (χ3v) is 2.91. The van der Waals surface area contributed by atoms with Crippen molar-refractivity contribution >= 4 is 39.1 Å². The second-order valence-corrected chi connectivity index (χ2v) is 4.59. The molecule has 0 aliphatic carbocycles. The minimum Gasteiger partial charge on any atom is -0.408 e. The Balaban J connectivity index is 2.36. The molecule has 1 aromatic carbocycles. The Morgan fingerprint density at radius 1 is 1.29 bits per heavy atom. The predicted molar refractivity (Wildman–Crippen MR) is 67.9 cm³/mol. The number of rotatable bonds is 1. The van der Waals surface area contributed by atoms with E-state index in [0.717, 1.165) is 15.4 Å². The van der Waals surface area contributed by atoms with Gasteiger partial charge in [-0.05, 0) is 30.4 Å². The summed E-state index contributed by atoms with van der Waals surface area (Å²) in [5, 5.41) is 7.39. The van der Waals surface area contributed by atoms with Gasteiger partial charge in [0.15, 0.2) is 0 Å². The van der Waals surface area contributed by atoms with Crippen LogP contribution in [-0.4, -0.2) is 20.2 Å². The Kier molecular flexibility index (Phi) is 2.49. The van der Waals surface area contributed by atoms with Crippen LogP contribution < -0.4 is 0 Å². The molecule has 0 bridgehead atoms. The highest BCUT2D eigenvalue weighted by Gasteiger charge is 2.11. The van der Waals surface area contributed by atoms with Crippen LogP contribution in [-0.2, 0) is 0 Å². The molecular weight excluding hydrogens is 304 g/mol. The first-order valence-corrected chi connectivity index (χ1v) is 5.90.